The molecule has 0 radical (unpaired) electrons. The van der Waals surface area contributed by atoms with E-state index >= 15 is 0 Å². The zero-order valence-electron chi connectivity index (χ0n) is 16.1. The number of amides is 1. The molecule has 0 saturated carbocycles. The first-order valence-corrected chi connectivity index (χ1v) is 10.3. The van der Waals surface area contributed by atoms with Crippen LogP contribution in [-0.4, -0.2) is 15.9 Å². The molecule has 5 rings (SSSR count). The van der Waals surface area contributed by atoms with Crippen molar-refractivity contribution in [2.75, 3.05) is 5.32 Å². The van der Waals surface area contributed by atoms with Gasteiger partial charge in [0.1, 0.15) is 5.01 Å². The molecule has 0 aliphatic carbocycles. The highest BCUT2D eigenvalue weighted by Crippen LogP contribution is 2.31. The summed E-state index contributed by atoms with van der Waals surface area (Å²) in [5, 5.41) is 5.07. The van der Waals surface area contributed by atoms with Gasteiger partial charge >= 0.3 is 0 Å². The van der Waals surface area contributed by atoms with Gasteiger partial charge in [0, 0.05) is 22.3 Å². The summed E-state index contributed by atoms with van der Waals surface area (Å²) in [7, 11) is 0. The van der Waals surface area contributed by atoms with E-state index in [4.69, 9.17) is 4.98 Å². The predicted octanol–water partition coefficient (Wildman–Crippen LogP) is 6.31. The molecule has 2 aromatic heterocycles. The predicted molar refractivity (Wildman–Crippen MR) is 121 cm³/mol. The van der Waals surface area contributed by atoms with Crippen LogP contribution < -0.4 is 5.32 Å². The average Bonchev–Trinajstić information content (AvgIpc) is 3.29. The van der Waals surface area contributed by atoms with Crippen molar-refractivity contribution in [1.29, 1.82) is 0 Å². The van der Waals surface area contributed by atoms with E-state index < -0.39 is 0 Å². The Labute approximate surface area is 172 Å². The Balaban J connectivity index is 1.41. The maximum atomic E-state index is 12.9. The third-order valence-corrected chi connectivity index (χ3v) is 6.36. The molecule has 0 spiro atoms. The first-order chi connectivity index (χ1) is 14.1. The molecule has 2 N–H and O–H groups in total. The fraction of sp³-hybridized carbons (Fsp3) is 0.0833. The zero-order chi connectivity index (χ0) is 20.0. The first kappa shape index (κ1) is 17.6. The highest BCUT2D eigenvalue weighted by atomic mass is 32.1. The molecule has 0 aliphatic rings. The molecule has 5 aromatic rings. The minimum absolute atomic E-state index is 0.121. The second-order valence-corrected chi connectivity index (χ2v) is 8.15. The van der Waals surface area contributed by atoms with Crippen LogP contribution in [0.15, 0.2) is 66.7 Å². The summed E-state index contributed by atoms with van der Waals surface area (Å²) in [5.74, 6) is -0.121. The van der Waals surface area contributed by atoms with Crippen molar-refractivity contribution in [2.45, 2.75) is 13.8 Å². The summed E-state index contributed by atoms with van der Waals surface area (Å²) in [6.07, 6.45) is 0. The van der Waals surface area contributed by atoms with Crippen LogP contribution in [0.25, 0.3) is 31.7 Å². The SMILES string of the molecule is Cc1[nH]c2c(C(=O)Nc3ccc(-c4nc5ccccc5s4)cc3)cccc2c1C. The fourth-order valence-electron chi connectivity index (χ4n) is 3.56. The molecule has 0 aliphatic heterocycles. The van der Waals surface area contributed by atoms with Gasteiger partial charge in [-0.25, -0.2) is 4.98 Å². The Kier molecular flexibility index (Phi) is 4.18. The molecule has 0 bridgehead atoms. The molecule has 2 heterocycles. The number of hydrogen-bond acceptors (Lipinski definition) is 3. The number of hydrogen-bond donors (Lipinski definition) is 2. The smallest absolute Gasteiger partial charge is 0.257 e. The van der Waals surface area contributed by atoms with Gasteiger partial charge in [0.15, 0.2) is 0 Å². The molecule has 1 amide bonds. The largest absolute Gasteiger partial charge is 0.358 e. The van der Waals surface area contributed by atoms with Crippen LogP contribution in [0, 0.1) is 13.8 Å². The highest BCUT2D eigenvalue weighted by molar-refractivity contribution is 7.21. The van der Waals surface area contributed by atoms with Crippen molar-refractivity contribution in [3.05, 3.63) is 83.6 Å². The Morgan fingerprint density at radius 3 is 2.55 bits per heavy atom. The van der Waals surface area contributed by atoms with E-state index in [1.165, 1.54) is 10.3 Å². The normalized spacial score (nSPS) is 11.2. The van der Waals surface area contributed by atoms with E-state index in [2.05, 4.69) is 23.3 Å². The van der Waals surface area contributed by atoms with Crippen LogP contribution in [-0.2, 0) is 0 Å². The van der Waals surface area contributed by atoms with Gasteiger partial charge in [-0.15, -0.1) is 11.3 Å². The lowest BCUT2D eigenvalue weighted by Gasteiger charge is -2.07. The van der Waals surface area contributed by atoms with Crippen molar-refractivity contribution in [3.63, 3.8) is 0 Å². The Hall–Kier alpha value is -3.44. The Morgan fingerprint density at radius 1 is 0.966 bits per heavy atom. The van der Waals surface area contributed by atoms with Crippen molar-refractivity contribution in [1.82, 2.24) is 9.97 Å². The van der Waals surface area contributed by atoms with E-state index in [-0.39, 0.29) is 5.91 Å². The number of carbonyl (C=O) groups is 1. The maximum Gasteiger partial charge on any atom is 0.257 e. The molecule has 142 valence electrons. The lowest BCUT2D eigenvalue weighted by Crippen LogP contribution is -2.12. The second kappa shape index (κ2) is 6.87. The lowest BCUT2D eigenvalue weighted by atomic mass is 10.1. The summed E-state index contributed by atoms with van der Waals surface area (Å²) in [6, 6.07) is 21.8. The molecule has 0 saturated heterocycles. The Morgan fingerprint density at radius 2 is 1.76 bits per heavy atom. The quantitative estimate of drug-likeness (QED) is 0.375. The number of aryl methyl sites for hydroxylation is 2. The summed E-state index contributed by atoms with van der Waals surface area (Å²) in [6.45, 7) is 4.09. The minimum Gasteiger partial charge on any atom is -0.358 e. The van der Waals surface area contributed by atoms with Crippen LogP contribution in [0.4, 0.5) is 5.69 Å². The first-order valence-electron chi connectivity index (χ1n) is 9.45. The van der Waals surface area contributed by atoms with Gasteiger partial charge < -0.3 is 10.3 Å². The fourth-order valence-corrected chi connectivity index (χ4v) is 4.53. The summed E-state index contributed by atoms with van der Waals surface area (Å²) >= 11 is 1.67. The van der Waals surface area contributed by atoms with Gasteiger partial charge in [-0.05, 0) is 61.9 Å². The zero-order valence-corrected chi connectivity index (χ0v) is 16.9. The summed E-state index contributed by atoms with van der Waals surface area (Å²) in [5.41, 5.74) is 6.60. The van der Waals surface area contributed by atoms with Gasteiger partial charge in [-0.1, -0.05) is 24.3 Å². The van der Waals surface area contributed by atoms with Gasteiger partial charge in [-0.2, -0.15) is 0 Å². The van der Waals surface area contributed by atoms with Crippen molar-refractivity contribution >= 4 is 44.1 Å². The van der Waals surface area contributed by atoms with Crippen molar-refractivity contribution in [3.8, 4) is 10.6 Å². The van der Waals surface area contributed by atoms with Gasteiger partial charge in [0.2, 0.25) is 0 Å². The molecule has 4 nitrogen and oxygen atoms in total. The number of benzene rings is 3. The van der Waals surface area contributed by atoms with Crippen LogP contribution in [0.1, 0.15) is 21.6 Å². The molecular formula is C24H19N3OS. The molecule has 0 atom stereocenters. The third kappa shape index (κ3) is 3.09. The number of nitrogens with one attached hydrogen (secondary N) is 2. The number of fused-ring (bicyclic) bond motifs is 2. The number of nitrogens with zero attached hydrogens (tertiary/aromatic N) is 1. The number of aromatic nitrogens is 2. The molecular weight excluding hydrogens is 378 g/mol. The van der Waals surface area contributed by atoms with Gasteiger partial charge in [0.25, 0.3) is 5.91 Å². The van der Waals surface area contributed by atoms with Crippen LogP contribution in [0.5, 0.6) is 0 Å². The number of aromatic amines is 1. The van der Waals surface area contributed by atoms with E-state index in [1.54, 1.807) is 11.3 Å². The van der Waals surface area contributed by atoms with Crippen LogP contribution in [0.3, 0.4) is 0 Å². The van der Waals surface area contributed by atoms with Gasteiger partial charge in [0.05, 0.1) is 21.3 Å². The van der Waals surface area contributed by atoms with E-state index in [9.17, 15) is 4.79 Å². The van der Waals surface area contributed by atoms with Crippen molar-refractivity contribution in [2.24, 2.45) is 0 Å². The number of H-pyrrole nitrogens is 1. The molecule has 0 unspecified atom stereocenters. The van der Waals surface area contributed by atoms with Crippen LogP contribution in [0.2, 0.25) is 0 Å². The topological polar surface area (TPSA) is 57.8 Å². The molecule has 0 fully saturated rings. The van der Waals surface area contributed by atoms with E-state index in [0.717, 1.165) is 38.4 Å². The molecule has 29 heavy (non-hydrogen) atoms. The summed E-state index contributed by atoms with van der Waals surface area (Å²) < 4.78 is 1.17. The van der Waals surface area contributed by atoms with Crippen molar-refractivity contribution < 1.29 is 4.79 Å². The third-order valence-electron chi connectivity index (χ3n) is 5.27. The van der Waals surface area contributed by atoms with E-state index in [0.29, 0.717) is 5.56 Å². The lowest BCUT2D eigenvalue weighted by molar-refractivity contribution is 0.102. The molecule has 3 aromatic carbocycles. The number of rotatable bonds is 3. The second-order valence-electron chi connectivity index (χ2n) is 7.12. The van der Waals surface area contributed by atoms with Gasteiger partial charge in [-0.3, -0.25) is 4.79 Å². The average molecular weight is 398 g/mol. The highest BCUT2D eigenvalue weighted by Gasteiger charge is 2.14. The van der Waals surface area contributed by atoms with Crippen LogP contribution >= 0.6 is 11.3 Å². The molecule has 5 heteroatoms. The number of thiazole rings is 1. The number of para-hydroxylation sites is 2. The standard InChI is InChI=1S/C24H19N3OS/c1-14-15(2)25-22-18(14)6-5-7-19(22)23(28)26-17-12-10-16(11-13-17)24-27-20-8-3-4-9-21(20)29-24/h3-13,25H,1-2H3,(H,26,28). The monoisotopic (exact) mass is 397 g/mol. The number of anilines is 1. The Bertz CT molecular complexity index is 1330. The summed E-state index contributed by atoms with van der Waals surface area (Å²) in [4.78, 5) is 20.9. The van der Waals surface area contributed by atoms with E-state index in [1.807, 2.05) is 67.6 Å². The maximum absolute atomic E-state index is 12.9. The number of carbonyl (C=O) groups excluding carboxylic acids is 1. The minimum atomic E-state index is -0.121.